The van der Waals surface area contributed by atoms with Crippen LogP contribution in [0.4, 0.5) is 0 Å². The van der Waals surface area contributed by atoms with E-state index in [2.05, 4.69) is 24.3 Å². The largest absolute Gasteiger partial charge is 0.258 e. The fourth-order valence-corrected chi connectivity index (χ4v) is 4.22. The summed E-state index contributed by atoms with van der Waals surface area (Å²) in [6.07, 6.45) is 4.78. The Balaban J connectivity index is 2.24. The van der Waals surface area contributed by atoms with Gasteiger partial charge in [-0.25, -0.2) is 0 Å². The molecule has 4 nitrogen and oxygen atoms in total. The van der Waals surface area contributed by atoms with Gasteiger partial charge in [0.1, 0.15) is 5.92 Å². The Morgan fingerprint density at radius 1 is 1.12 bits per heavy atom. The van der Waals surface area contributed by atoms with Crippen LogP contribution in [-0.4, -0.2) is 5.71 Å². The summed E-state index contributed by atoms with van der Waals surface area (Å²) in [6.45, 7) is 0. The van der Waals surface area contributed by atoms with Gasteiger partial charge >= 0.3 is 0 Å². The minimum atomic E-state index is -1.51. The zero-order chi connectivity index (χ0) is 17.3. The van der Waals surface area contributed by atoms with Crippen LogP contribution in [-0.2, 0) is 0 Å². The highest BCUT2D eigenvalue weighted by Crippen LogP contribution is 2.54. The summed E-state index contributed by atoms with van der Waals surface area (Å²) < 4.78 is 0. The van der Waals surface area contributed by atoms with Crippen LogP contribution in [0.1, 0.15) is 30.7 Å². The van der Waals surface area contributed by atoms with Crippen LogP contribution >= 0.6 is 11.6 Å². The summed E-state index contributed by atoms with van der Waals surface area (Å²) in [5, 5.41) is 36.2. The normalized spacial score (nSPS) is 27.8. The molecule has 1 aromatic carbocycles. The molecule has 1 fully saturated rings. The molecular weight excluding hydrogens is 320 g/mol. The van der Waals surface area contributed by atoms with E-state index in [1.165, 1.54) is 0 Å². The smallest absolute Gasteiger partial charge is 0.230 e. The van der Waals surface area contributed by atoms with Crippen molar-refractivity contribution in [1.29, 1.82) is 15.8 Å². The predicted octanol–water partition coefficient (Wildman–Crippen LogP) is 2.54. The van der Waals surface area contributed by atoms with Crippen LogP contribution in [0.2, 0.25) is 5.02 Å². The van der Waals surface area contributed by atoms with Crippen molar-refractivity contribution in [2.45, 2.75) is 25.2 Å². The molecule has 1 aromatic rings. The van der Waals surface area contributed by atoms with E-state index in [1.54, 1.807) is 12.1 Å². The summed E-state index contributed by atoms with van der Waals surface area (Å²) in [4.78, 5) is 0. The number of benzene rings is 1. The second-order valence-electron chi connectivity index (χ2n) is 6.32. The lowest BCUT2D eigenvalue weighted by atomic mass is 9.53. The number of fused-ring (bicyclic) bond motifs is 1. The average molecular weight is 336 g/mol. The van der Waals surface area contributed by atoms with Gasteiger partial charge in [0.25, 0.3) is 0 Å². The number of nitrogens with zero attached hydrogens (tertiary/aromatic N) is 3. The molecule has 118 valence electrons. The van der Waals surface area contributed by atoms with Crippen LogP contribution in [0.25, 0.3) is 0 Å². The molecular formula is C19H16ClN4+. The van der Waals surface area contributed by atoms with Gasteiger partial charge in [-0.2, -0.15) is 15.8 Å². The van der Waals surface area contributed by atoms with E-state index < -0.39 is 11.3 Å². The van der Waals surface area contributed by atoms with Crippen LogP contribution in [0.5, 0.6) is 0 Å². The first-order valence-electron chi connectivity index (χ1n) is 7.89. The van der Waals surface area contributed by atoms with E-state index in [-0.39, 0.29) is 17.5 Å². The number of nitrogens with two attached hydrogens (primary N) is 1. The Morgan fingerprint density at radius 2 is 1.79 bits per heavy atom. The number of allylic oxidation sites excluding steroid dienone is 2. The summed E-state index contributed by atoms with van der Waals surface area (Å²) in [6, 6.07) is 13.7. The molecule has 0 aliphatic heterocycles. The third-order valence-corrected chi connectivity index (χ3v) is 5.46. The van der Waals surface area contributed by atoms with Crippen molar-refractivity contribution < 1.29 is 5.41 Å². The van der Waals surface area contributed by atoms with Gasteiger partial charge < -0.3 is 0 Å². The van der Waals surface area contributed by atoms with Gasteiger partial charge in [-0.3, -0.25) is 5.41 Å². The maximum atomic E-state index is 9.87. The van der Waals surface area contributed by atoms with Crippen molar-refractivity contribution in [1.82, 2.24) is 0 Å². The van der Waals surface area contributed by atoms with Crippen molar-refractivity contribution >= 4 is 17.3 Å². The van der Waals surface area contributed by atoms with Gasteiger partial charge in [0, 0.05) is 10.9 Å². The molecule has 5 heteroatoms. The van der Waals surface area contributed by atoms with Crippen LogP contribution < -0.4 is 5.41 Å². The van der Waals surface area contributed by atoms with E-state index in [1.807, 2.05) is 12.1 Å². The Morgan fingerprint density at radius 3 is 2.38 bits per heavy atom. The van der Waals surface area contributed by atoms with Crippen molar-refractivity contribution in [2.75, 3.05) is 0 Å². The summed E-state index contributed by atoms with van der Waals surface area (Å²) >= 11 is 5.99. The molecule has 0 spiro atoms. The van der Waals surface area contributed by atoms with Crippen molar-refractivity contribution in [3.05, 3.63) is 46.5 Å². The van der Waals surface area contributed by atoms with E-state index in [9.17, 15) is 15.8 Å². The first-order chi connectivity index (χ1) is 11.6. The van der Waals surface area contributed by atoms with E-state index in [0.29, 0.717) is 5.02 Å². The molecule has 0 amide bonds. The first kappa shape index (κ1) is 16.3. The number of nitriles is 3. The zero-order valence-corrected chi connectivity index (χ0v) is 13.8. The highest BCUT2D eigenvalue weighted by atomic mass is 35.5. The zero-order valence-electron chi connectivity index (χ0n) is 13.0. The molecule has 0 aromatic heterocycles. The highest BCUT2D eigenvalue weighted by molar-refractivity contribution is 6.30. The number of hydrogen-bond acceptors (Lipinski definition) is 3. The molecule has 0 unspecified atom stereocenters. The molecule has 2 aliphatic carbocycles. The number of hydrogen-bond donors (Lipinski definition) is 1. The van der Waals surface area contributed by atoms with Gasteiger partial charge in [0.2, 0.25) is 11.1 Å². The van der Waals surface area contributed by atoms with Crippen LogP contribution in [0, 0.1) is 51.2 Å². The lowest BCUT2D eigenvalue weighted by Crippen LogP contribution is -2.60. The molecule has 3 atom stereocenters. The minimum absolute atomic E-state index is 0.0313. The number of rotatable bonds is 1. The van der Waals surface area contributed by atoms with Gasteiger partial charge in [-0.15, -0.1) is 0 Å². The van der Waals surface area contributed by atoms with Gasteiger partial charge in [0.05, 0.1) is 18.2 Å². The van der Waals surface area contributed by atoms with Gasteiger partial charge in [-0.05, 0) is 48.4 Å². The highest BCUT2D eigenvalue weighted by Gasteiger charge is 2.60. The van der Waals surface area contributed by atoms with Crippen molar-refractivity contribution in [3.63, 3.8) is 0 Å². The third kappa shape index (κ3) is 2.22. The Labute approximate surface area is 146 Å². The number of halogens is 1. The SMILES string of the molecule is N#C[C@@H]1C(=[NH2+])C(C#N)(C#N)[C@H](c2ccc(Cl)cc2)[C@@H]2CCCC=C12. The monoisotopic (exact) mass is 335 g/mol. The lowest BCUT2D eigenvalue weighted by Gasteiger charge is -2.43. The molecule has 0 saturated heterocycles. The van der Waals surface area contributed by atoms with E-state index in [4.69, 9.17) is 17.0 Å². The van der Waals surface area contributed by atoms with E-state index in [0.717, 1.165) is 30.4 Å². The molecule has 2 aliphatic rings. The lowest BCUT2D eigenvalue weighted by molar-refractivity contribution is -0.128. The Bertz CT molecular complexity index is 818. The fourth-order valence-electron chi connectivity index (χ4n) is 4.09. The first-order valence-corrected chi connectivity index (χ1v) is 8.27. The molecule has 0 bridgehead atoms. The maximum absolute atomic E-state index is 9.87. The molecule has 0 radical (unpaired) electrons. The second-order valence-corrected chi connectivity index (χ2v) is 6.76. The van der Waals surface area contributed by atoms with Gasteiger partial charge in [0.15, 0.2) is 0 Å². The third-order valence-electron chi connectivity index (χ3n) is 5.21. The molecule has 2 N–H and O–H groups in total. The van der Waals surface area contributed by atoms with Crippen molar-refractivity contribution in [2.24, 2.45) is 17.3 Å². The Kier molecular flexibility index (Phi) is 4.15. The maximum Gasteiger partial charge on any atom is 0.230 e. The topological polar surface area (TPSA) is 97.0 Å². The van der Waals surface area contributed by atoms with Crippen LogP contribution in [0.3, 0.4) is 0 Å². The van der Waals surface area contributed by atoms with Crippen LogP contribution in [0.15, 0.2) is 35.9 Å². The predicted molar refractivity (Wildman–Crippen MR) is 89.3 cm³/mol. The fraction of sp³-hybridized carbons (Fsp3) is 0.368. The van der Waals surface area contributed by atoms with Crippen molar-refractivity contribution in [3.8, 4) is 18.2 Å². The average Bonchev–Trinajstić information content (AvgIpc) is 2.62. The molecule has 24 heavy (non-hydrogen) atoms. The molecule has 3 rings (SSSR count). The summed E-state index contributed by atoms with van der Waals surface area (Å²) in [7, 11) is 0. The Hall–Kier alpha value is -2.61. The molecule has 0 heterocycles. The standard InChI is InChI=1S/C19H15ClN4/c20-13-7-5-12(6-8-13)17-15-4-2-1-3-14(15)16(9-21)18(24)19(17,10-22)11-23/h3,5-8,15-17,24H,1-2,4H2/p+1/t15-,16+,17-/m1/s1. The second kappa shape index (κ2) is 6.12. The van der Waals surface area contributed by atoms with Gasteiger partial charge in [-0.1, -0.05) is 29.8 Å². The quantitative estimate of drug-likeness (QED) is 0.798. The summed E-state index contributed by atoms with van der Waals surface area (Å²) in [5.74, 6) is -1.09. The summed E-state index contributed by atoms with van der Waals surface area (Å²) in [5.41, 5.74) is 0.467. The molecule has 1 saturated carbocycles. The van der Waals surface area contributed by atoms with E-state index >= 15 is 0 Å². The minimum Gasteiger partial charge on any atom is -0.258 e.